The molecule has 2 heterocycles. The third kappa shape index (κ3) is 7.40. The van der Waals surface area contributed by atoms with Crippen LogP contribution in [0.2, 0.25) is 10.0 Å². The van der Waals surface area contributed by atoms with Gasteiger partial charge in [-0.2, -0.15) is 0 Å². The van der Waals surface area contributed by atoms with Gasteiger partial charge in [-0.1, -0.05) is 59.6 Å². The zero-order valence-corrected chi connectivity index (χ0v) is 26.1. The molecule has 2 atom stereocenters. The number of benzene rings is 2. The van der Waals surface area contributed by atoms with Crippen LogP contribution in [0.5, 0.6) is 5.88 Å². The number of hydrogen-bond donors (Lipinski definition) is 3. The molecule has 3 aromatic rings. The van der Waals surface area contributed by atoms with E-state index in [0.29, 0.717) is 75.2 Å². The Labute approximate surface area is 261 Å². The highest BCUT2D eigenvalue weighted by Crippen LogP contribution is 2.40. The molecule has 0 bridgehead atoms. The van der Waals surface area contributed by atoms with E-state index in [9.17, 15) is 4.79 Å². The fourth-order valence-corrected chi connectivity index (χ4v) is 5.46. The summed E-state index contributed by atoms with van der Waals surface area (Å²) in [5.41, 5.74) is 11.1. The summed E-state index contributed by atoms with van der Waals surface area (Å²) in [4.78, 5) is 29.3. The van der Waals surface area contributed by atoms with Gasteiger partial charge in [-0.25, -0.2) is 9.98 Å². The Morgan fingerprint density at radius 1 is 1.19 bits per heavy atom. The number of ether oxygens (including phenoxy) is 2. The quantitative estimate of drug-likeness (QED) is 0.183. The molecule has 0 saturated carbocycles. The SMILES string of the molecule is C=N/C(CNC[C@@H]1CCC(=O)N1)=C(\N=C(C)c1cccc(-c2cccc(-c3cnc([C@@H](C)N)c(OC)n3)c2Cl)c1Cl)OC. The number of amides is 1. The second-order valence-corrected chi connectivity index (χ2v) is 10.8. The zero-order chi connectivity index (χ0) is 31.1. The van der Waals surface area contributed by atoms with Gasteiger partial charge in [-0.3, -0.25) is 14.8 Å². The van der Waals surface area contributed by atoms with Crippen LogP contribution in [-0.4, -0.2) is 61.7 Å². The number of aliphatic imine (C=N–C) groups is 2. The number of rotatable bonds is 12. The molecule has 1 saturated heterocycles. The lowest BCUT2D eigenvalue weighted by atomic mass is 9.98. The summed E-state index contributed by atoms with van der Waals surface area (Å²) in [6.45, 7) is 8.30. The summed E-state index contributed by atoms with van der Waals surface area (Å²) in [7, 11) is 3.05. The van der Waals surface area contributed by atoms with E-state index in [-0.39, 0.29) is 18.0 Å². The molecule has 0 spiro atoms. The first-order valence-electron chi connectivity index (χ1n) is 13.7. The number of nitrogens with one attached hydrogen (secondary N) is 2. The molecular weight excluding hydrogens is 589 g/mol. The van der Waals surface area contributed by atoms with Crippen LogP contribution in [0, 0.1) is 0 Å². The van der Waals surface area contributed by atoms with Crippen molar-refractivity contribution < 1.29 is 14.3 Å². The Hall–Kier alpha value is -3.83. The highest BCUT2D eigenvalue weighted by atomic mass is 35.5. The van der Waals surface area contributed by atoms with Gasteiger partial charge in [0.15, 0.2) is 0 Å². The van der Waals surface area contributed by atoms with E-state index >= 15 is 0 Å². The maximum absolute atomic E-state index is 11.5. The average Bonchev–Trinajstić information content (AvgIpc) is 3.42. The summed E-state index contributed by atoms with van der Waals surface area (Å²) >= 11 is 13.9. The topological polar surface area (TPSA) is 136 Å². The molecule has 0 unspecified atom stereocenters. The summed E-state index contributed by atoms with van der Waals surface area (Å²) < 4.78 is 11.0. The van der Waals surface area contributed by atoms with Gasteiger partial charge in [0.1, 0.15) is 11.4 Å². The van der Waals surface area contributed by atoms with Crippen molar-refractivity contribution in [2.75, 3.05) is 27.3 Å². The van der Waals surface area contributed by atoms with Crippen LogP contribution < -0.4 is 21.1 Å². The Kier molecular flexibility index (Phi) is 10.9. The van der Waals surface area contributed by atoms with Gasteiger partial charge < -0.3 is 25.8 Å². The third-order valence-corrected chi connectivity index (χ3v) is 7.83. The molecule has 12 heteroatoms. The van der Waals surface area contributed by atoms with E-state index in [2.05, 4.69) is 32.3 Å². The minimum atomic E-state index is -0.339. The second kappa shape index (κ2) is 14.6. The number of nitrogens with two attached hydrogens (primary N) is 1. The van der Waals surface area contributed by atoms with Gasteiger partial charge in [0.2, 0.25) is 17.7 Å². The number of hydrogen-bond acceptors (Lipinski definition) is 9. The zero-order valence-electron chi connectivity index (χ0n) is 24.6. The molecule has 4 N–H and O–H groups in total. The molecule has 43 heavy (non-hydrogen) atoms. The molecule has 1 aromatic heterocycles. The Balaban J connectivity index is 1.64. The monoisotopic (exact) mass is 623 g/mol. The number of halogens is 2. The van der Waals surface area contributed by atoms with Gasteiger partial charge >= 0.3 is 0 Å². The third-order valence-electron chi connectivity index (χ3n) is 7.01. The van der Waals surface area contributed by atoms with E-state index in [0.717, 1.165) is 17.5 Å². The lowest BCUT2D eigenvalue weighted by molar-refractivity contribution is -0.119. The van der Waals surface area contributed by atoms with Gasteiger partial charge in [0.05, 0.1) is 41.9 Å². The summed E-state index contributed by atoms with van der Waals surface area (Å²) in [6.07, 6.45) is 2.97. The molecule has 1 aliphatic rings. The minimum Gasteiger partial charge on any atom is -0.480 e. The van der Waals surface area contributed by atoms with Crippen molar-refractivity contribution in [1.29, 1.82) is 0 Å². The number of carbonyl (C=O) groups excluding carboxylic acids is 1. The largest absolute Gasteiger partial charge is 0.480 e. The van der Waals surface area contributed by atoms with E-state index in [1.807, 2.05) is 50.2 Å². The Morgan fingerprint density at radius 2 is 1.88 bits per heavy atom. The van der Waals surface area contributed by atoms with Crippen LogP contribution in [-0.2, 0) is 9.53 Å². The standard InChI is InChI=1S/C31H35Cl2N7O3/c1-17(34)29-31(43-5)40-24(16-37-29)23-11-7-10-22(28(23)33)21-9-6-8-20(27(21)32)18(2)38-30(42-4)25(35-3)15-36-14-19-12-13-26(41)39-19/h6-11,16-17,19,36H,3,12-15,34H2,1-2,4-5H3,(H,39,41)/b30-25+,38-18?/t17-,19+/m1/s1. The maximum Gasteiger partial charge on any atom is 0.237 e. The lowest BCUT2D eigenvalue weighted by Crippen LogP contribution is -2.36. The predicted octanol–water partition coefficient (Wildman–Crippen LogP) is 5.34. The Bertz CT molecular complexity index is 1570. The number of aromatic nitrogens is 2. The van der Waals surface area contributed by atoms with Crippen LogP contribution in [0.25, 0.3) is 22.4 Å². The van der Waals surface area contributed by atoms with Crippen molar-refractivity contribution in [3.8, 4) is 28.3 Å². The number of methoxy groups -OCH3 is 2. The van der Waals surface area contributed by atoms with Gasteiger partial charge in [0, 0.05) is 53.8 Å². The molecule has 4 rings (SSSR count). The Morgan fingerprint density at radius 3 is 2.51 bits per heavy atom. The smallest absolute Gasteiger partial charge is 0.237 e. The highest BCUT2D eigenvalue weighted by Gasteiger charge is 2.21. The first kappa shape index (κ1) is 32.1. The van der Waals surface area contributed by atoms with Crippen molar-refractivity contribution in [2.24, 2.45) is 15.7 Å². The van der Waals surface area contributed by atoms with Gasteiger partial charge in [0.25, 0.3) is 0 Å². The van der Waals surface area contributed by atoms with Crippen molar-refractivity contribution in [1.82, 2.24) is 20.6 Å². The molecule has 1 aliphatic heterocycles. The molecular formula is C31H35Cl2N7O3. The van der Waals surface area contributed by atoms with Crippen LogP contribution >= 0.6 is 23.2 Å². The van der Waals surface area contributed by atoms with Crippen molar-refractivity contribution in [3.05, 3.63) is 75.5 Å². The maximum atomic E-state index is 11.5. The molecule has 226 valence electrons. The first-order chi connectivity index (χ1) is 20.7. The number of nitrogens with zero attached hydrogens (tertiary/aromatic N) is 4. The second-order valence-electron chi connectivity index (χ2n) is 10.0. The summed E-state index contributed by atoms with van der Waals surface area (Å²) in [5.74, 6) is 0.718. The fraction of sp³-hybridized carbons (Fsp3) is 0.323. The molecule has 0 aliphatic carbocycles. The van der Waals surface area contributed by atoms with E-state index in [1.165, 1.54) is 14.2 Å². The molecule has 0 radical (unpaired) electrons. The number of carbonyl (C=O) groups is 1. The fourth-order valence-electron chi connectivity index (χ4n) is 4.77. The summed E-state index contributed by atoms with van der Waals surface area (Å²) in [6, 6.07) is 11.0. The highest BCUT2D eigenvalue weighted by molar-refractivity contribution is 6.39. The van der Waals surface area contributed by atoms with Crippen LogP contribution in [0.3, 0.4) is 0 Å². The van der Waals surface area contributed by atoms with E-state index in [4.69, 9.17) is 43.4 Å². The predicted molar refractivity (Wildman–Crippen MR) is 172 cm³/mol. The summed E-state index contributed by atoms with van der Waals surface area (Å²) in [5, 5.41) is 7.15. The average molecular weight is 625 g/mol. The van der Waals surface area contributed by atoms with Crippen LogP contribution in [0.15, 0.2) is 64.2 Å². The normalized spacial score (nSPS) is 16.4. The minimum absolute atomic E-state index is 0.0686. The molecule has 2 aromatic carbocycles. The van der Waals surface area contributed by atoms with E-state index < -0.39 is 0 Å². The van der Waals surface area contributed by atoms with Crippen molar-refractivity contribution >= 4 is 41.5 Å². The van der Waals surface area contributed by atoms with E-state index in [1.54, 1.807) is 6.20 Å². The van der Waals surface area contributed by atoms with Gasteiger partial charge in [-0.15, -0.1) is 0 Å². The van der Waals surface area contributed by atoms with Gasteiger partial charge in [-0.05, 0) is 27.0 Å². The molecule has 1 fully saturated rings. The first-order valence-corrected chi connectivity index (χ1v) is 14.5. The molecule has 10 nitrogen and oxygen atoms in total. The lowest BCUT2D eigenvalue weighted by Gasteiger charge is -2.15. The van der Waals surface area contributed by atoms with Crippen molar-refractivity contribution in [2.45, 2.75) is 38.8 Å². The van der Waals surface area contributed by atoms with Crippen LogP contribution in [0.1, 0.15) is 44.0 Å². The molecule has 1 amide bonds. The van der Waals surface area contributed by atoms with Crippen molar-refractivity contribution in [3.63, 3.8) is 0 Å². The van der Waals surface area contributed by atoms with Crippen LogP contribution in [0.4, 0.5) is 0 Å².